The van der Waals surface area contributed by atoms with Crippen LogP contribution < -0.4 is 14.4 Å². The van der Waals surface area contributed by atoms with Crippen LogP contribution in [-0.2, 0) is 26.2 Å². The molecule has 3 aromatic carbocycles. The van der Waals surface area contributed by atoms with Crippen molar-refractivity contribution in [3.05, 3.63) is 87.9 Å². The van der Waals surface area contributed by atoms with Crippen LogP contribution in [0.5, 0.6) is 5.75 Å². The molecule has 3 rings (SSSR count). The van der Waals surface area contributed by atoms with Crippen molar-refractivity contribution in [2.75, 3.05) is 24.5 Å². The molecular weight excluding hydrogens is 594 g/mol. The van der Waals surface area contributed by atoms with Crippen LogP contribution in [0.25, 0.3) is 0 Å². The summed E-state index contributed by atoms with van der Waals surface area (Å²) < 4.78 is 34.9. The molecule has 11 heteroatoms. The fourth-order valence-corrected chi connectivity index (χ4v) is 5.88. The molecule has 0 bridgehead atoms. The Bertz CT molecular complexity index is 1390. The topological polar surface area (TPSA) is 96.0 Å². The van der Waals surface area contributed by atoms with Gasteiger partial charge in [-0.2, -0.15) is 0 Å². The Morgan fingerprint density at radius 3 is 2.39 bits per heavy atom. The van der Waals surface area contributed by atoms with Gasteiger partial charge in [0.1, 0.15) is 18.3 Å². The van der Waals surface area contributed by atoms with Gasteiger partial charge in [-0.3, -0.25) is 13.9 Å². The van der Waals surface area contributed by atoms with Crippen LogP contribution in [0, 0.1) is 0 Å². The quantitative estimate of drug-likeness (QED) is 0.330. The minimum Gasteiger partial charge on any atom is -0.495 e. The Kier molecular flexibility index (Phi) is 10.2. The van der Waals surface area contributed by atoms with Crippen molar-refractivity contribution in [3.8, 4) is 5.75 Å². The van der Waals surface area contributed by atoms with E-state index in [2.05, 4.69) is 21.2 Å². The summed E-state index contributed by atoms with van der Waals surface area (Å²) in [5.41, 5.74) is 0.868. The number of anilines is 1. The highest BCUT2D eigenvalue weighted by Crippen LogP contribution is 2.35. The molecule has 3 aromatic rings. The van der Waals surface area contributed by atoms with Gasteiger partial charge in [-0.05, 0) is 61.9 Å². The van der Waals surface area contributed by atoms with E-state index in [1.807, 2.05) is 24.3 Å². The highest BCUT2D eigenvalue weighted by Gasteiger charge is 2.33. The van der Waals surface area contributed by atoms with E-state index in [0.717, 1.165) is 14.3 Å². The van der Waals surface area contributed by atoms with Gasteiger partial charge in [-0.1, -0.05) is 57.9 Å². The van der Waals surface area contributed by atoms with Gasteiger partial charge in [-0.15, -0.1) is 0 Å². The Hall–Kier alpha value is -3.08. The first-order chi connectivity index (χ1) is 18.1. The lowest BCUT2D eigenvalue weighted by Crippen LogP contribution is -2.51. The Balaban J connectivity index is 2.09. The van der Waals surface area contributed by atoms with E-state index in [1.54, 1.807) is 38.1 Å². The third-order valence-electron chi connectivity index (χ3n) is 5.78. The maximum absolute atomic E-state index is 13.9. The second kappa shape index (κ2) is 13.1. The summed E-state index contributed by atoms with van der Waals surface area (Å²) in [4.78, 5) is 28.0. The summed E-state index contributed by atoms with van der Waals surface area (Å²) in [5, 5.41) is 3.00. The van der Waals surface area contributed by atoms with Crippen LogP contribution in [0.15, 0.2) is 82.2 Å². The van der Waals surface area contributed by atoms with Gasteiger partial charge in [0.25, 0.3) is 10.0 Å². The standard InChI is InChI=1S/C27H29BrClN3O5S/c1-4-30-27(34)19(2)31(17-20-9-8-10-21(28)15-20)26(33)18-32(24-16-22(29)13-14-25(24)37-3)38(35,36)23-11-6-5-7-12-23/h5-16,19H,4,17-18H2,1-3H3,(H,30,34)/t19-/m1/s1. The van der Waals surface area contributed by atoms with Gasteiger partial charge in [0, 0.05) is 22.6 Å². The van der Waals surface area contributed by atoms with Crippen LogP contribution >= 0.6 is 27.5 Å². The fraction of sp³-hybridized carbons (Fsp3) is 0.259. The van der Waals surface area contributed by atoms with Crippen molar-refractivity contribution in [2.24, 2.45) is 0 Å². The van der Waals surface area contributed by atoms with Crippen molar-refractivity contribution in [1.29, 1.82) is 0 Å². The largest absolute Gasteiger partial charge is 0.495 e. The number of halogens is 2. The molecule has 38 heavy (non-hydrogen) atoms. The van der Waals surface area contributed by atoms with Gasteiger partial charge in [-0.25, -0.2) is 8.42 Å². The van der Waals surface area contributed by atoms with Gasteiger partial charge in [0.2, 0.25) is 11.8 Å². The minimum atomic E-state index is -4.23. The molecule has 0 radical (unpaired) electrons. The third kappa shape index (κ3) is 7.06. The highest BCUT2D eigenvalue weighted by atomic mass is 79.9. The van der Waals surface area contributed by atoms with Crippen molar-refractivity contribution in [1.82, 2.24) is 10.2 Å². The average molecular weight is 623 g/mol. The lowest BCUT2D eigenvalue weighted by molar-refractivity contribution is -0.139. The van der Waals surface area contributed by atoms with Crippen LogP contribution in [0.2, 0.25) is 5.02 Å². The minimum absolute atomic E-state index is 0.00913. The first-order valence-corrected chi connectivity index (χ1v) is 14.4. The van der Waals surface area contributed by atoms with Crippen molar-refractivity contribution in [3.63, 3.8) is 0 Å². The molecule has 0 saturated carbocycles. The maximum atomic E-state index is 13.9. The number of sulfonamides is 1. The molecule has 0 saturated heterocycles. The lowest BCUT2D eigenvalue weighted by Gasteiger charge is -2.32. The average Bonchev–Trinajstić information content (AvgIpc) is 2.90. The van der Waals surface area contributed by atoms with Crippen LogP contribution in [0.1, 0.15) is 19.4 Å². The van der Waals surface area contributed by atoms with Crippen molar-refractivity contribution < 1.29 is 22.7 Å². The van der Waals surface area contributed by atoms with Crippen LogP contribution in [0.4, 0.5) is 5.69 Å². The summed E-state index contributed by atoms with van der Waals surface area (Å²) in [5.74, 6) is -0.712. The number of nitrogens with one attached hydrogen (secondary N) is 1. The van der Waals surface area contributed by atoms with E-state index in [4.69, 9.17) is 16.3 Å². The Labute approximate surface area is 236 Å². The number of rotatable bonds is 11. The molecule has 0 aliphatic carbocycles. The number of amides is 2. The number of hydrogen-bond acceptors (Lipinski definition) is 5. The second-order valence-corrected chi connectivity index (χ2v) is 11.6. The molecule has 2 amide bonds. The monoisotopic (exact) mass is 621 g/mol. The molecule has 0 aliphatic rings. The first-order valence-electron chi connectivity index (χ1n) is 11.8. The molecule has 0 fully saturated rings. The molecule has 1 N–H and O–H groups in total. The van der Waals surface area contributed by atoms with E-state index in [0.29, 0.717) is 6.54 Å². The molecular formula is C27H29BrClN3O5S. The Morgan fingerprint density at radius 1 is 1.05 bits per heavy atom. The zero-order chi connectivity index (χ0) is 27.9. The van der Waals surface area contributed by atoms with Gasteiger partial charge < -0.3 is 15.0 Å². The summed E-state index contributed by atoms with van der Waals surface area (Å²) in [6.45, 7) is 3.27. The number of carbonyl (C=O) groups excluding carboxylic acids is 2. The molecule has 1 atom stereocenters. The zero-order valence-electron chi connectivity index (χ0n) is 21.2. The normalized spacial score (nSPS) is 11.9. The predicted molar refractivity (Wildman–Crippen MR) is 152 cm³/mol. The smallest absolute Gasteiger partial charge is 0.264 e. The van der Waals surface area contributed by atoms with Gasteiger partial charge in [0.15, 0.2) is 0 Å². The molecule has 0 heterocycles. The molecule has 0 aliphatic heterocycles. The van der Waals surface area contributed by atoms with E-state index in [1.165, 1.54) is 36.3 Å². The maximum Gasteiger partial charge on any atom is 0.264 e. The number of likely N-dealkylation sites (N-methyl/N-ethyl adjacent to an activating group) is 1. The Morgan fingerprint density at radius 2 is 1.76 bits per heavy atom. The second-order valence-electron chi connectivity index (χ2n) is 8.36. The third-order valence-corrected chi connectivity index (χ3v) is 8.28. The van der Waals surface area contributed by atoms with Crippen LogP contribution in [0.3, 0.4) is 0 Å². The molecule has 8 nitrogen and oxygen atoms in total. The fourth-order valence-electron chi connectivity index (χ4n) is 3.83. The van der Waals surface area contributed by atoms with Gasteiger partial charge in [0.05, 0.1) is 17.7 Å². The summed E-state index contributed by atoms with van der Waals surface area (Å²) in [7, 11) is -2.83. The van der Waals surface area contributed by atoms with Gasteiger partial charge >= 0.3 is 0 Å². The molecule has 0 spiro atoms. The number of nitrogens with zero attached hydrogens (tertiary/aromatic N) is 2. The molecule has 0 aromatic heterocycles. The van der Waals surface area contributed by atoms with E-state index in [-0.39, 0.29) is 33.8 Å². The highest BCUT2D eigenvalue weighted by molar-refractivity contribution is 9.10. The summed E-state index contributed by atoms with van der Waals surface area (Å²) >= 11 is 9.66. The lowest BCUT2D eigenvalue weighted by atomic mass is 10.1. The van der Waals surface area contributed by atoms with E-state index >= 15 is 0 Å². The number of ether oxygens (including phenoxy) is 1. The van der Waals surface area contributed by atoms with Crippen molar-refractivity contribution >= 4 is 55.1 Å². The number of benzene rings is 3. The number of hydrogen-bond donors (Lipinski definition) is 1. The van der Waals surface area contributed by atoms with Crippen molar-refractivity contribution in [2.45, 2.75) is 31.3 Å². The molecule has 0 unspecified atom stereocenters. The number of methoxy groups -OCH3 is 1. The number of carbonyl (C=O) groups is 2. The molecule has 202 valence electrons. The van der Waals surface area contributed by atoms with E-state index in [9.17, 15) is 18.0 Å². The zero-order valence-corrected chi connectivity index (χ0v) is 24.4. The summed E-state index contributed by atoms with van der Waals surface area (Å²) in [6.07, 6.45) is 0. The summed E-state index contributed by atoms with van der Waals surface area (Å²) in [6, 6.07) is 18.8. The van der Waals surface area contributed by atoms with E-state index < -0.39 is 28.5 Å². The predicted octanol–water partition coefficient (Wildman–Crippen LogP) is 4.86. The SMILES string of the molecule is CCNC(=O)[C@@H](C)N(Cc1cccc(Br)c1)C(=O)CN(c1cc(Cl)ccc1OC)S(=O)(=O)c1ccccc1. The van der Waals surface area contributed by atoms with Crippen LogP contribution in [-0.4, -0.2) is 51.4 Å². The first kappa shape index (κ1) is 29.5.